The van der Waals surface area contributed by atoms with Gasteiger partial charge in [0.05, 0.1) is 0 Å². The topological polar surface area (TPSA) is 15.3 Å². The van der Waals surface area contributed by atoms with Crippen molar-refractivity contribution in [1.82, 2.24) is 10.2 Å². The van der Waals surface area contributed by atoms with Crippen LogP contribution in [0.1, 0.15) is 45.2 Å². The Balaban J connectivity index is 2.61. The minimum atomic E-state index is 0.351. The van der Waals surface area contributed by atoms with E-state index in [2.05, 4.69) is 69.2 Å². The van der Waals surface area contributed by atoms with E-state index in [1.807, 2.05) is 0 Å². The number of nitrogens with one attached hydrogen (secondary N) is 1. The smallest absolute Gasteiger partial charge is 0.0234 e. The van der Waals surface area contributed by atoms with Crippen molar-refractivity contribution in [3.05, 3.63) is 35.4 Å². The number of hydrogen-bond acceptors (Lipinski definition) is 2. The maximum atomic E-state index is 3.49. The van der Waals surface area contributed by atoms with Crippen molar-refractivity contribution < 1.29 is 0 Å². The molecular weight excluding hydrogens is 232 g/mol. The third-order valence-electron chi connectivity index (χ3n) is 3.05. The van der Waals surface area contributed by atoms with Crippen LogP contribution >= 0.6 is 0 Å². The summed E-state index contributed by atoms with van der Waals surface area (Å²) in [5, 5.41) is 3.49. The molecule has 0 saturated heterocycles. The van der Waals surface area contributed by atoms with Gasteiger partial charge in [-0.25, -0.2) is 0 Å². The number of hydrogen-bond donors (Lipinski definition) is 1. The van der Waals surface area contributed by atoms with Crippen molar-refractivity contribution >= 4 is 0 Å². The molecule has 0 aromatic heterocycles. The van der Waals surface area contributed by atoms with E-state index in [1.54, 1.807) is 0 Å². The SMILES string of the molecule is CCCNCc1ccccc1CN(C)CC(C)(C)C. The van der Waals surface area contributed by atoms with Gasteiger partial charge < -0.3 is 10.2 Å². The number of nitrogens with zero attached hydrogens (tertiary/aromatic N) is 1. The predicted molar refractivity (Wildman–Crippen MR) is 84.2 cm³/mol. The van der Waals surface area contributed by atoms with E-state index in [0.29, 0.717) is 5.41 Å². The van der Waals surface area contributed by atoms with Crippen LogP contribution in [-0.4, -0.2) is 25.0 Å². The first-order valence-electron chi connectivity index (χ1n) is 7.38. The van der Waals surface area contributed by atoms with Crippen molar-refractivity contribution in [2.24, 2.45) is 5.41 Å². The standard InChI is InChI=1S/C17H30N2/c1-6-11-18-12-15-9-7-8-10-16(15)13-19(5)14-17(2,3)4/h7-10,18H,6,11-14H2,1-5H3. The maximum absolute atomic E-state index is 3.49. The van der Waals surface area contributed by atoms with Gasteiger partial charge in [-0.2, -0.15) is 0 Å². The summed E-state index contributed by atoms with van der Waals surface area (Å²) in [7, 11) is 2.21. The van der Waals surface area contributed by atoms with Gasteiger partial charge in [-0.1, -0.05) is 52.0 Å². The number of benzene rings is 1. The van der Waals surface area contributed by atoms with Gasteiger partial charge >= 0.3 is 0 Å². The fraction of sp³-hybridized carbons (Fsp3) is 0.647. The summed E-state index contributed by atoms with van der Waals surface area (Å²) < 4.78 is 0. The van der Waals surface area contributed by atoms with E-state index in [-0.39, 0.29) is 0 Å². The van der Waals surface area contributed by atoms with Gasteiger partial charge in [-0.15, -0.1) is 0 Å². The molecule has 0 bridgehead atoms. The third kappa shape index (κ3) is 6.74. The van der Waals surface area contributed by atoms with Gasteiger partial charge in [-0.05, 0) is 36.6 Å². The summed E-state index contributed by atoms with van der Waals surface area (Å²) in [5.41, 5.74) is 3.22. The highest BCUT2D eigenvalue weighted by molar-refractivity contribution is 5.26. The highest BCUT2D eigenvalue weighted by Gasteiger charge is 2.14. The lowest BCUT2D eigenvalue weighted by molar-refractivity contribution is 0.220. The Labute approximate surface area is 119 Å². The van der Waals surface area contributed by atoms with Crippen LogP contribution in [0.2, 0.25) is 0 Å². The average molecular weight is 262 g/mol. The molecule has 0 saturated carbocycles. The summed E-state index contributed by atoms with van der Waals surface area (Å²) in [4.78, 5) is 2.42. The molecule has 19 heavy (non-hydrogen) atoms. The van der Waals surface area contributed by atoms with Gasteiger partial charge in [0.15, 0.2) is 0 Å². The largest absolute Gasteiger partial charge is 0.313 e. The maximum Gasteiger partial charge on any atom is 0.0234 e. The molecule has 2 nitrogen and oxygen atoms in total. The van der Waals surface area contributed by atoms with Crippen molar-refractivity contribution in [2.45, 2.75) is 47.2 Å². The molecule has 0 heterocycles. The molecule has 2 heteroatoms. The molecule has 0 aliphatic rings. The zero-order valence-corrected chi connectivity index (χ0v) is 13.3. The molecule has 0 spiro atoms. The monoisotopic (exact) mass is 262 g/mol. The van der Waals surface area contributed by atoms with Crippen LogP contribution in [0.5, 0.6) is 0 Å². The minimum absolute atomic E-state index is 0.351. The molecule has 1 aromatic rings. The Morgan fingerprint density at radius 1 is 1.11 bits per heavy atom. The third-order valence-corrected chi connectivity index (χ3v) is 3.05. The molecule has 0 aliphatic carbocycles. The molecule has 0 aliphatic heterocycles. The average Bonchev–Trinajstić information content (AvgIpc) is 2.29. The van der Waals surface area contributed by atoms with Gasteiger partial charge in [0.1, 0.15) is 0 Å². The summed E-state index contributed by atoms with van der Waals surface area (Å²) in [5.74, 6) is 0. The fourth-order valence-corrected chi connectivity index (χ4v) is 2.44. The van der Waals surface area contributed by atoms with Gasteiger partial charge in [0.25, 0.3) is 0 Å². The van der Waals surface area contributed by atoms with Gasteiger partial charge in [0.2, 0.25) is 0 Å². The molecule has 0 amide bonds. The summed E-state index contributed by atoms with van der Waals surface area (Å²) in [6.07, 6.45) is 1.19. The normalized spacial score (nSPS) is 12.1. The van der Waals surface area contributed by atoms with E-state index in [1.165, 1.54) is 17.5 Å². The molecule has 1 rings (SSSR count). The lowest BCUT2D eigenvalue weighted by Crippen LogP contribution is -2.29. The highest BCUT2D eigenvalue weighted by Crippen LogP contribution is 2.17. The molecule has 0 unspecified atom stereocenters. The van der Waals surface area contributed by atoms with E-state index in [0.717, 1.165) is 26.2 Å². The van der Waals surface area contributed by atoms with Crippen LogP contribution in [0, 0.1) is 5.41 Å². The Morgan fingerprint density at radius 2 is 1.74 bits per heavy atom. The second kappa shape index (κ2) is 7.66. The van der Waals surface area contributed by atoms with Crippen molar-refractivity contribution in [3.8, 4) is 0 Å². The van der Waals surface area contributed by atoms with Gasteiger partial charge in [0, 0.05) is 19.6 Å². The molecule has 108 valence electrons. The molecule has 1 N–H and O–H groups in total. The van der Waals surface area contributed by atoms with Crippen molar-refractivity contribution in [1.29, 1.82) is 0 Å². The zero-order chi connectivity index (χ0) is 14.3. The predicted octanol–water partition coefficient (Wildman–Crippen LogP) is 3.66. The van der Waals surface area contributed by atoms with Crippen molar-refractivity contribution in [2.75, 3.05) is 20.1 Å². The van der Waals surface area contributed by atoms with E-state index in [4.69, 9.17) is 0 Å². The lowest BCUT2D eigenvalue weighted by atomic mass is 9.96. The minimum Gasteiger partial charge on any atom is -0.313 e. The van der Waals surface area contributed by atoms with Crippen LogP contribution in [0.3, 0.4) is 0 Å². The quantitative estimate of drug-likeness (QED) is 0.754. The number of rotatable bonds is 7. The first-order valence-corrected chi connectivity index (χ1v) is 7.38. The van der Waals surface area contributed by atoms with Crippen LogP contribution in [-0.2, 0) is 13.1 Å². The van der Waals surface area contributed by atoms with Crippen LogP contribution < -0.4 is 5.32 Å². The van der Waals surface area contributed by atoms with E-state index in [9.17, 15) is 0 Å². The van der Waals surface area contributed by atoms with Crippen LogP contribution in [0.15, 0.2) is 24.3 Å². The van der Waals surface area contributed by atoms with Crippen LogP contribution in [0.25, 0.3) is 0 Å². The molecule has 0 radical (unpaired) electrons. The molecular formula is C17H30N2. The van der Waals surface area contributed by atoms with E-state index >= 15 is 0 Å². The molecule has 0 atom stereocenters. The summed E-state index contributed by atoms with van der Waals surface area (Å²) in [6.45, 7) is 13.3. The Morgan fingerprint density at radius 3 is 2.32 bits per heavy atom. The zero-order valence-electron chi connectivity index (χ0n) is 13.3. The van der Waals surface area contributed by atoms with E-state index < -0.39 is 0 Å². The molecule has 0 fully saturated rings. The Bertz CT molecular complexity index is 366. The highest BCUT2D eigenvalue weighted by atomic mass is 15.1. The second-order valence-corrected chi connectivity index (χ2v) is 6.68. The van der Waals surface area contributed by atoms with Crippen molar-refractivity contribution in [3.63, 3.8) is 0 Å². The summed E-state index contributed by atoms with van der Waals surface area (Å²) in [6, 6.07) is 8.77. The van der Waals surface area contributed by atoms with Gasteiger partial charge in [-0.3, -0.25) is 0 Å². The first-order chi connectivity index (χ1) is 8.92. The second-order valence-electron chi connectivity index (χ2n) is 6.68. The Hall–Kier alpha value is -0.860. The first kappa shape index (κ1) is 16.2. The lowest BCUT2D eigenvalue weighted by Gasteiger charge is -2.27. The Kier molecular flexibility index (Phi) is 6.53. The molecule has 1 aromatic carbocycles. The summed E-state index contributed by atoms with van der Waals surface area (Å²) >= 11 is 0. The van der Waals surface area contributed by atoms with Crippen LogP contribution in [0.4, 0.5) is 0 Å². The fourth-order valence-electron chi connectivity index (χ4n) is 2.44.